The summed E-state index contributed by atoms with van der Waals surface area (Å²) in [6.45, 7) is 2.72. The number of hydrogen-bond acceptors (Lipinski definition) is 1. The van der Waals surface area contributed by atoms with Gasteiger partial charge in [-0.3, -0.25) is 0 Å². The zero-order chi connectivity index (χ0) is 19.2. The van der Waals surface area contributed by atoms with Crippen LogP contribution in [0.2, 0.25) is 0 Å². The molecule has 0 atom stereocenters. The SMILES string of the molecule is CCCC=c1ccc(=Cc2[nH]c(-c3ccc[nH]3)cc2OCc2ccccc2)[nH]1. The molecule has 0 aliphatic carbocycles. The van der Waals surface area contributed by atoms with Crippen LogP contribution in [0.25, 0.3) is 23.5 Å². The van der Waals surface area contributed by atoms with E-state index >= 15 is 0 Å². The smallest absolute Gasteiger partial charge is 0.145 e. The number of ether oxygens (including phenoxy) is 1. The Morgan fingerprint density at radius 3 is 2.54 bits per heavy atom. The van der Waals surface area contributed by atoms with E-state index < -0.39 is 0 Å². The van der Waals surface area contributed by atoms with Crippen molar-refractivity contribution in [3.8, 4) is 17.1 Å². The van der Waals surface area contributed by atoms with E-state index in [1.807, 2.05) is 42.6 Å². The minimum Gasteiger partial charge on any atom is -0.487 e. The van der Waals surface area contributed by atoms with E-state index in [0.29, 0.717) is 6.61 Å². The first-order valence-corrected chi connectivity index (χ1v) is 9.72. The summed E-state index contributed by atoms with van der Waals surface area (Å²) in [5.41, 5.74) is 4.13. The van der Waals surface area contributed by atoms with Gasteiger partial charge in [-0.15, -0.1) is 0 Å². The minimum absolute atomic E-state index is 0.532. The number of aromatic amines is 3. The lowest BCUT2D eigenvalue weighted by Crippen LogP contribution is -2.09. The molecule has 3 N–H and O–H groups in total. The molecular formula is C24H25N3O. The molecule has 0 fully saturated rings. The van der Waals surface area contributed by atoms with Crippen molar-refractivity contribution in [3.05, 3.63) is 88.8 Å². The first-order chi connectivity index (χ1) is 13.8. The summed E-state index contributed by atoms with van der Waals surface area (Å²) < 4.78 is 6.15. The van der Waals surface area contributed by atoms with Gasteiger partial charge in [-0.05, 0) is 42.3 Å². The van der Waals surface area contributed by atoms with Crippen molar-refractivity contribution in [2.45, 2.75) is 26.4 Å². The van der Waals surface area contributed by atoms with E-state index in [2.05, 4.69) is 58.3 Å². The van der Waals surface area contributed by atoms with Crippen LogP contribution in [0.15, 0.2) is 66.9 Å². The molecule has 1 aromatic carbocycles. The van der Waals surface area contributed by atoms with Crippen LogP contribution in [0.4, 0.5) is 0 Å². The van der Waals surface area contributed by atoms with Crippen molar-refractivity contribution in [1.82, 2.24) is 15.0 Å². The number of benzene rings is 1. The summed E-state index contributed by atoms with van der Waals surface area (Å²) in [5, 5.41) is 2.20. The molecule has 0 aliphatic heterocycles. The fourth-order valence-electron chi connectivity index (χ4n) is 3.14. The molecule has 4 aromatic rings. The fourth-order valence-corrected chi connectivity index (χ4v) is 3.14. The highest BCUT2D eigenvalue weighted by Crippen LogP contribution is 2.27. The van der Waals surface area contributed by atoms with Gasteiger partial charge in [0.05, 0.1) is 17.1 Å². The molecule has 0 saturated carbocycles. The van der Waals surface area contributed by atoms with Gasteiger partial charge in [-0.25, -0.2) is 0 Å². The van der Waals surface area contributed by atoms with Crippen LogP contribution in [0.1, 0.15) is 31.0 Å². The summed E-state index contributed by atoms with van der Waals surface area (Å²) in [6, 6.07) is 20.5. The van der Waals surface area contributed by atoms with Gasteiger partial charge in [0, 0.05) is 23.0 Å². The molecule has 142 valence electrons. The number of rotatable bonds is 7. The topological polar surface area (TPSA) is 56.6 Å². The van der Waals surface area contributed by atoms with Crippen LogP contribution in [0.3, 0.4) is 0 Å². The fraction of sp³-hybridized carbons (Fsp3) is 0.167. The summed E-state index contributed by atoms with van der Waals surface area (Å²) >= 11 is 0. The highest BCUT2D eigenvalue weighted by atomic mass is 16.5. The third-order valence-electron chi connectivity index (χ3n) is 4.62. The third kappa shape index (κ3) is 4.29. The normalized spacial score (nSPS) is 12.6. The van der Waals surface area contributed by atoms with Crippen LogP contribution in [0, 0.1) is 0 Å². The molecule has 3 heterocycles. The van der Waals surface area contributed by atoms with Crippen molar-refractivity contribution in [3.63, 3.8) is 0 Å². The predicted octanol–water partition coefficient (Wildman–Crippen LogP) is 4.33. The second-order valence-electron chi connectivity index (χ2n) is 6.83. The number of hydrogen-bond donors (Lipinski definition) is 3. The van der Waals surface area contributed by atoms with E-state index in [9.17, 15) is 0 Å². The first-order valence-electron chi connectivity index (χ1n) is 9.72. The quantitative estimate of drug-likeness (QED) is 0.445. The molecule has 0 radical (unpaired) electrons. The lowest BCUT2D eigenvalue weighted by molar-refractivity contribution is 0.306. The van der Waals surface area contributed by atoms with Crippen LogP contribution < -0.4 is 15.4 Å². The summed E-state index contributed by atoms with van der Waals surface area (Å²) in [6.07, 6.45) is 8.46. The average Bonchev–Trinajstić information content (AvgIpc) is 3.47. The largest absolute Gasteiger partial charge is 0.487 e. The molecule has 0 bridgehead atoms. The van der Waals surface area contributed by atoms with Gasteiger partial charge < -0.3 is 19.7 Å². The van der Waals surface area contributed by atoms with Crippen molar-refractivity contribution >= 4 is 12.2 Å². The molecule has 4 heteroatoms. The molecule has 4 nitrogen and oxygen atoms in total. The van der Waals surface area contributed by atoms with Crippen molar-refractivity contribution < 1.29 is 4.74 Å². The monoisotopic (exact) mass is 371 g/mol. The van der Waals surface area contributed by atoms with Crippen molar-refractivity contribution in [2.24, 2.45) is 0 Å². The maximum atomic E-state index is 6.15. The van der Waals surface area contributed by atoms with E-state index in [0.717, 1.165) is 51.9 Å². The minimum atomic E-state index is 0.532. The Balaban J connectivity index is 1.66. The van der Waals surface area contributed by atoms with Gasteiger partial charge in [-0.1, -0.05) is 49.8 Å². The Bertz CT molecular complexity index is 1120. The Morgan fingerprint density at radius 1 is 0.893 bits per heavy atom. The Hall–Kier alpha value is -3.40. The van der Waals surface area contributed by atoms with Gasteiger partial charge in [0.25, 0.3) is 0 Å². The lowest BCUT2D eigenvalue weighted by Gasteiger charge is -2.05. The van der Waals surface area contributed by atoms with E-state index in [4.69, 9.17) is 4.74 Å². The lowest BCUT2D eigenvalue weighted by atomic mass is 10.2. The zero-order valence-electron chi connectivity index (χ0n) is 16.0. The van der Waals surface area contributed by atoms with Gasteiger partial charge in [-0.2, -0.15) is 0 Å². The van der Waals surface area contributed by atoms with Gasteiger partial charge >= 0.3 is 0 Å². The van der Waals surface area contributed by atoms with E-state index in [1.54, 1.807) is 0 Å². The standard InChI is InChI=1S/C24H25N3O/c1-2-3-10-19-12-13-20(26-19)15-23-24(28-17-18-8-5-4-6-9-18)16-22(27-23)21-11-7-14-25-21/h4-16,25-27H,2-3,17H2,1H3. The number of aromatic nitrogens is 3. The molecule has 0 aliphatic rings. The van der Waals surface area contributed by atoms with Gasteiger partial charge in [0.2, 0.25) is 0 Å². The van der Waals surface area contributed by atoms with E-state index in [-0.39, 0.29) is 0 Å². The molecule has 3 aromatic heterocycles. The zero-order valence-corrected chi connectivity index (χ0v) is 16.0. The Morgan fingerprint density at radius 2 is 1.75 bits per heavy atom. The third-order valence-corrected chi connectivity index (χ3v) is 4.62. The maximum Gasteiger partial charge on any atom is 0.145 e. The molecular weight excluding hydrogens is 346 g/mol. The van der Waals surface area contributed by atoms with Crippen LogP contribution in [0.5, 0.6) is 5.75 Å². The second-order valence-corrected chi connectivity index (χ2v) is 6.83. The molecule has 0 unspecified atom stereocenters. The van der Waals surface area contributed by atoms with Gasteiger partial charge in [0.15, 0.2) is 0 Å². The Kier molecular flexibility index (Phi) is 5.48. The molecule has 4 rings (SSSR count). The molecule has 0 amide bonds. The average molecular weight is 371 g/mol. The first kappa shape index (κ1) is 18.0. The number of unbranched alkanes of at least 4 members (excludes halogenated alkanes) is 1. The van der Waals surface area contributed by atoms with Crippen LogP contribution >= 0.6 is 0 Å². The van der Waals surface area contributed by atoms with Gasteiger partial charge in [0.1, 0.15) is 12.4 Å². The molecule has 0 saturated heterocycles. The highest BCUT2D eigenvalue weighted by molar-refractivity contribution is 5.65. The van der Waals surface area contributed by atoms with Crippen molar-refractivity contribution in [1.29, 1.82) is 0 Å². The summed E-state index contributed by atoms with van der Waals surface area (Å²) in [7, 11) is 0. The number of H-pyrrole nitrogens is 3. The van der Waals surface area contributed by atoms with Crippen LogP contribution in [-0.2, 0) is 6.61 Å². The highest BCUT2D eigenvalue weighted by Gasteiger charge is 2.10. The van der Waals surface area contributed by atoms with Crippen LogP contribution in [-0.4, -0.2) is 15.0 Å². The molecule has 28 heavy (non-hydrogen) atoms. The summed E-state index contributed by atoms with van der Waals surface area (Å²) in [4.78, 5) is 10.2. The van der Waals surface area contributed by atoms with Crippen molar-refractivity contribution in [2.75, 3.05) is 0 Å². The van der Waals surface area contributed by atoms with E-state index in [1.165, 1.54) is 0 Å². The number of nitrogens with one attached hydrogen (secondary N) is 3. The molecule has 0 spiro atoms. The maximum absolute atomic E-state index is 6.15. The predicted molar refractivity (Wildman–Crippen MR) is 114 cm³/mol. The second kappa shape index (κ2) is 8.53. The Labute approximate surface area is 164 Å². The summed E-state index contributed by atoms with van der Waals surface area (Å²) in [5.74, 6) is 0.835.